The number of amides is 1. The normalized spacial score (nSPS) is 11.8. The molecule has 146 valence electrons. The maximum atomic E-state index is 13.0. The number of carbonyl (C=O) groups excluding carboxylic acids is 1. The number of carbonyl (C=O) groups is 1. The molecule has 0 aliphatic heterocycles. The van der Waals surface area contributed by atoms with Crippen LogP contribution in [0.1, 0.15) is 39.3 Å². The molecule has 0 radical (unpaired) electrons. The Bertz CT molecular complexity index is 999. The summed E-state index contributed by atoms with van der Waals surface area (Å²) in [6.07, 6.45) is 5.06. The molecule has 1 atom stereocenters. The van der Waals surface area contributed by atoms with Crippen molar-refractivity contribution in [2.45, 2.75) is 19.9 Å². The highest BCUT2D eigenvalue weighted by molar-refractivity contribution is 5.95. The van der Waals surface area contributed by atoms with E-state index in [0.29, 0.717) is 34.4 Å². The zero-order valence-electron chi connectivity index (χ0n) is 16.6. The van der Waals surface area contributed by atoms with E-state index in [-0.39, 0.29) is 5.91 Å². The van der Waals surface area contributed by atoms with Crippen LogP contribution in [0.3, 0.4) is 0 Å². The number of hydrogen-bond donors (Lipinski definition) is 1. The van der Waals surface area contributed by atoms with E-state index in [4.69, 9.17) is 9.47 Å². The number of aromatic nitrogens is 4. The smallest absolute Gasteiger partial charge is 0.255 e. The van der Waals surface area contributed by atoms with Crippen molar-refractivity contribution < 1.29 is 14.3 Å². The number of rotatable bonds is 6. The summed E-state index contributed by atoms with van der Waals surface area (Å²) in [6.45, 7) is 3.57. The molecule has 28 heavy (non-hydrogen) atoms. The summed E-state index contributed by atoms with van der Waals surface area (Å²) in [5.41, 5.74) is 1.85. The van der Waals surface area contributed by atoms with Crippen molar-refractivity contribution in [3.8, 4) is 11.5 Å². The van der Waals surface area contributed by atoms with Crippen molar-refractivity contribution in [2.75, 3.05) is 14.2 Å². The van der Waals surface area contributed by atoms with Gasteiger partial charge in [-0.15, -0.1) is 0 Å². The van der Waals surface area contributed by atoms with Crippen molar-refractivity contribution in [1.29, 1.82) is 0 Å². The highest BCUT2D eigenvalue weighted by Crippen LogP contribution is 2.32. The van der Waals surface area contributed by atoms with Gasteiger partial charge in [-0.3, -0.25) is 4.79 Å². The Morgan fingerprint density at radius 2 is 1.89 bits per heavy atom. The molecule has 2 aromatic heterocycles. The quantitative estimate of drug-likeness (QED) is 0.705. The number of hydrogen-bond acceptors (Lipinski definition) is 6. The van der Waals surface area contributed by atoms with Crippen LogP contribution < -0.4 is 14.8 Å². The second-order valence-electron chi connectivity index (χ2n) is 6.33. The zero-order valence-corrected chi connectivity index (χ0v) is 16.6. The number of nitrogens with one attached hydrogen (secondary N) is 1. The number of ether oxygens (including phenoxy) is 2. The van der Waals surface area contributed by atoms with Crippen LogP contribution in [-0.2, 0) is 7.05 Å². The van der Waals surface area contributed by atoms with E-state index < -0.39 is 6.04 Å². The number of benzene rings is 1. The van der Waals surface area contributed by atoms with Gasteiger partial charge in [-0.1, -0.05) is 6.07 Å². The van der Waals surface area contributed by atoms with Crippen LogP contribution >= 0.6 is 0 Å². The predicted octanol–water partition coefficient (Wildman–Crippen LogP) is 2.36. The molecule has 0 fully saturated rings. The molecule has 0 aliphatic rings. The molecule has 1 amide bonds. The maximum Gasteiger partial charge on any atom is 0.255 e. The molecule has 1 aromatic carbocycles. The Kier molecular flexibility index (Phi) is 5.58. The van der Waals surface area contributed by atoms with Gasteiger partial charge >= 0.3 is 0 Å². The minimum Gasteiger partial charge on any atom is -0.493 e. The molecule has 8 heteroatoms. The molecule has 0 bridgehead atoms. The Labute approximate surface area is 163 Å². The summed E-state index contributed by atoms with van der Waals surface area (Å²) in [5.74, 6) is 2.21. The first kappa shape index (κ1) is 19.3. The van der Waals surface area contributed by atoms with E-state index in [1.54, 1.807) is 40.3 Å². The third kappa shape index (κ3) is 3.80. The van der Waals surface area contributed by atoms with Gasteiger partial charge in [0.05, 0.1) is 25.5 Å². The molecule has 1 N–H and O–H groups in total. The van der Waals surface area contributed by atoms with Crippen molar-refractivity contribution in [2.24, 2.45) is 7.05 Å². The minimum atomic E-state index is -0.493. The molecule has 8 nitrogen and oxygen atoms in total. The Morgan fingerprint density at radius 1 is 1.14 bits per heavy atom. The highest BCUT2D eigenvalue weighted by Gasteiger charge is 2.24. The SMILES string of the molecule is COc1ccc(C(NC(=O)c2cnc(C)nc2C)c2nccn2C)cc1OC. The Morgan fingerprint density at radius 3 is 2.50 bits per heavy atom. The van der Waals surface area contributed by atoms with Crippen molar-refractivity contribution in [1.82, 2.24) is 24.8 Å². The molecule has 2 heterocycles. The van der Waals surface area contributed by atoms with E-state index in [0.717, 1.165) is 5.56 Å². The van der Waals surface area contributed by atoms with Crippen molar-refractivity contribution >= 4 is 5.91 Å². The Balaban J connectivity index is 2.01. The molecule has 3 aromatic rings. The lowest BCUT2D eigenvalue weighted by Crippen LogP contribution is -2.32. The number of methoxy groups -OCH3 is 2. The average Bonchev–Trinajstić information content (AvgIpc) is 3.11. The fraction of sp³-hybridized carbons (Fsp3) is 0.300. The summed E-state index contributed by atoms with van der Waals surface area (Å²) in [5, 5.41) is 3.04. The number of imidazole rings is 1. The van der Waals surface area contributed by atoms with Gasteiger partial charge in [-0.2, -0.15) is 0 Å². The Hall–Kier alpha value is -3.42. The van der Waals surface area contributed by atoms with Crippen LogP contribution in [0.2, 0.25) is 0 Å². The molecule has 0 saturated heterocycles. The van der Waals surface area contributed by atoms with Crippen LogP contribution in [0.15, 0.2) is 36.8 Å². The minimum absolute atomic E-state index is 0.278. The molecule has 0 aliphatic carbocycles. The van der Waals surface area contributed by atoms with Crippen LogP contribution in [0.5, 0.6) is 11.5 Å². The van der Waals surface area contributed by atoms with Crippen molar-refractivity contribution in [3.63, 3.8) is 0 Å². The molecule has 1 unspecified atom stereocenters. The van der Waals surface area contributed by atoms with Crippen molar-refractivity contribution in [3.05, 3.63) is 65.3 Å². The maximum absolute atomic E-state index is 13.0. The molecule has 0 saturated carbocycles. The zero-order chi connectivity index (χ0) is 20.3. The topological polar surface area (TPSA) is 91.2 Å². The second-order valence-corrected chi connectivity index (χ2v) is 6.33. The summed E-state index contributed by atoms with van der Waals surface area (Å²) >= 11 is 0. The highest BCUT2D eigenvalue weighted by atomic mass is 16.5. The number of nitrogens with zero attached hydrogens (tertiary/aromatic N) is 4. The van der Waals surface area contributed by atoms with Crippen LogP contribution in [-0.4, -0.2) is 39.6 Å². The molecular weight excluding hydrogens is 358 g/mol. The predicted molar refractivity (Wildman–Crippen MR) is 104 cm³/mol. The van der Waals surface area contributed by atoms with E-state index in [1.165, 1.54) is 6.20 Å². The van der Waals surface area contributed by atoms with Gasteiger partial charge < -0.3 is 19.4 Å². The fourth-order valence-electron chi connectivity index (χ4n) is 3.00. The van der Waals surface area contributed by atoms with Gasteiger partial charge in [0.2, 0.25) is 0 Å². The molecule has 0 spiro atoms. The van der Waals surface area contributed by atoms with E-state index in [9.17, 15) is 4.79 Å². The van der Waals surface area contributed by atoms with Crippen LogP contribution in [0.25, 0.3) is 0 Å². The largest absolute Gasteiger partial charge is 0.493 e. The molecule has 3 rings (SSSR count). The summed E-state index contributed by atoms with van der Waals surface area (Å²) in [4.78, 5) is 25.8. The van der Waals surface area contributed by atoms with Gasteiger partial charge in [-0.05, 0) is 31.5 Å². The first-order valence-corrected chi connectivity index (χ1v) is 8.74. The van der Waals surface area contributed by atoms with E-state index in [2.05, 4.69) is 20.3 Å². The molecular formula is C20H23N5O3. The lowest BCUT2D eigenvalue weighted by molar-refractivity contribution is 0.0939. The van der Waals surface area contributed by atoms with Crippen LogP contribution in [0.4, 0.5) is 0 Å². The van der Waals surface area contributed by atoms with Gasteiger partial charge in [0.1, 0.15) is 17.7 Å². The summed E-state index contributed by atoms with van der Waals surface area (Å²) < 4.78 is 12.6. The van der Waals surface area contributed by atoms with Gasteiger partial charge in [0, 0.05) is 25.6 Å². The standard InChI is InChI=1S/C20H23N5O3/c1-12-15(11-22-13(2)23-12)20(26)24-18(19-21-8-9-25(19)3)14-6-7-16(27-4)17(10-14)28-5/h6-11,18H,1-5H3,(H,24,26). The fourth-order valence-corrected chi connectivity index (χ4v) is 3.00. The first-order valence-electron chi connectivity index (χ1n) is 8.74. The lowest BCUT2D eigenvalue weighted by Gasteiger charge is -2.21. The van der Waals surface area contributed by atoms with Crippen LogP contribution in [0, 0.1) is 13.8 Å². The van der Waals surface area contributed by atoms with Gasteiger partial charge in [0.15, 0.2) is 11.5 Å². The van der Waals surface area contributed by atoms with E-state index in [1.807, 2.05) is 29.9 Å². The number of aryl methyl sites for hydroxylation is 3. The van der Waals surface area contributed by atoms with Gasteiger partial charge in [0.25, 0.3) is 5.91 Å². The third-order valence-electron chi connectivity index (χ3n) is 4.48. The first-order chi connectivity index (χ1) is 13.4. The lowest BCUT2D eigenvalue weighted by atomic mass is 10.0. The summed E-state index contributed by atoms with van der Waals surface area (Å²) in [7, 11) is 5.03. The second kappa shape index (κ2) is 8.08. The monoisotopic (exact) mass is 381 g/mol. The average molecular weight is 381 g/mol. The van der Waals surface area contributed by atoms with E-state index >= 15 is 0 Å². The third-order valence-corrected chi connectivity index (χ3v) is 4.48. The van der Waals surface area contributed by atoms with Gasteiger partial charge in [-0.25, -0.2) is 15.0 Å². The summed E-state index contributed by atoms with van der Waals surface area (Å²) in [6, 6.07) is 5.01.